The second-order valence-corrected chi connectivity index (χ2v) is 14.1. The molecule has 0 bridgehead atoms. The van der Waals surface area contributed by atoms with Crippen molar-refractivity contribution < 1.29 is 41.3 Å². The molecule has 1 fully saturated rings. The van der Waals surface area contributed by atoms with E-state index in [9.17, 15) is 31.9 Å². The molecule has 0 aromatic heterocycles. The van der Waals surface area contributed by atoms with Crippen LogP contribution in [-0.2, 0) is 22.6 Å². The van der Waals surface area contributed by atoms with Crippen LogP contribution in [0.1, 0.15) is 142 Å². The molecule has 4 rings (SSSR count). The molecule has 3 atom stereocenters. The number of nitrogens with zero attached hydrogens (tertiary/aromatic N) is 1. The molecule has 1 amide bonds. The number of halogens is 5. The number of unbranched alkanes of at least 4 members (excludes halogenated alkanes) is 10. The van der Waals surface area contributed by atoms with Crippen molar-refractivity contribution in [3.63, 3.8) is 0 Å². The summed E-state index contributed by atoms with van der Waals surface area (Å²) in [5.41, 5.74) is 1.50. The molecular weight excluding hydrogens is 691 g/mol. The third-order valence-corrected chi connectivity index (χ3v) is 9.87. The van der Waals surface area contributed by atoms with Crippen molar-refractivity contribution in [1.29, 1.82) is 0 Å². The van der Waals surface area contributed by atoms with Crippen LogP contribution in [0.15, 0.2) is 48.5 Å². The molecule has 0 unspecified atom stereocenters. The fourth-order valence-corrected chi connectivity index (χ4v) is 6.71. The van der Waals surface area contributed by atoms with Crippen LogP contribution in [0.5, 0.6) is 0 Å². The Hall–Kier alpha value is -3.38. The summed E-state index contributed by atoms with van der Waals surface area (Å²) in [7, 11) is 0. The number of benzene rings is 3. The van der Waals surface area contributed by atoms with E-state index in [1.807, 2.05) is 24.3 Å². The van der Waals surface area contributed by atoms with Crippen molar-refractivity contribution in [1.82, 2.24) is 10.2 Å². The summed E-state index contributed by atoms with van der Waals surface area (Å²) >= 11 is 0. The Morgan fingerprint density at radius 3 is 1.72 bits per heavy atom. The zero-order chi connectivity index (χ0) is 38.2. The van der Waals surface area contributed by atoms with E-state index in [1.165, 1.54) is 64.2 Å². The summed E-state index contributed by atoms with van der Waals surface area (Å²) in [5.74, 6) is -12.5. The monoisotopic (exact) mass is 746 g/mol. The van der Waals surface area contributed by atoms with Gasteiger partial charge in [0.25, 0.3) is 5.91 Å². The summed E-state index contributed by atoms with van der Waals surface area (Å²) in [6, 6.07) is 14.6. The molecule has 0 aliphatic carbocycles. The van der Waals surface area contributed by atoms with Crippen LogP contribution in [-0.4, -0.2) is 41.7 Å². The molecule has 53 heavy (non-hydrogen) atoms. The van der Waals surface area contributed by atoms with Crippen LogP contribution in [0.4, 0.5) is 22.0 Å². The molecule has 1 heterocycles. The molecule has 292 valence electrons. The Labute approximate surface area is 311 Å². The predicted octanol–water partition coefficient (Wildman–Crippen LogP) is 10.4. The summed E-state index contributed by atoms with van der Waals surface area (Å²) < 4.78 is 82.2. The van der Waals surface area contributed by atoms with Crippen molar-refractivity contribution in [3.8, 4) is 0 Å². The summed E-state index contributed by atoms with van der Waals surface area (Å²) in [6.45, 7) is 6.95. The van der Waals surface area contributed by atoms with Crippen LogP contribution in [0, 0.1) is 29.1 Å². The van der Waals surface area contributed by atoms with Gasteiger partial charge in [-0.1, -0.05) is 127 Å². The van der Waals surface area contributed by atoms with Gasteiger partial charge >= 0.3 is 0 Å². The van der Waals surface area contributed by atoms with Crippen molar-refractivity contribution in [2.45, 2.75) is 129 Å². The van der Waals surface area contributed by atoms with Gasteiger partial charge in [0.15, 0.2) is 29.6 Å². The molecule has 0 spiro atoms. The lowest BCUT2D eigenvalue weighted by atomic mass is 9.99. The molecule has 0 radical (unpaired) electrons. The standard InChI is InChI=1S/C42H55F5N2O4/c1-3-5-7-9-11-13-23-49(24-14-12-10-8-6-4-2)27-33-25-34(31-19-17-30(28-50)18-20-31)53-42(52-33)32-21-15-29(16-22-32)26-48-41(51)35-36(43)38(45)40(47)39(46)37(35)44/h15-22,33-34,42,50H,3-14,23-28H2,1-2H3,(H,48,51)/t33-,34+,42+/m0/s1. The van der Waals surface area contributed by atoms with E-state index in [2.05, 4.69) is 24.1 Å². The average Bonchev–Trinajstić information content (AvgIpc) is 3.18. The third-order valence-electron chi connectivity index (χ3n) is 9.87. The maximum Gasteiger partial charge on any atom is 0.257 e. The number of aliphatic hydroxyl groups is 1. The first kappa shape index (κ1) is 42.4. The lowest BCUT2D eigenvalue weighted by Gasteiger charge is -2.38. The predicted molar refractivity (Wildman–Crippen MR) is 195 cm³/mol. The van der Waals surface area contributed by atoms with Crippen molar-refractivity contribution in [3.05, 3.63) is 105 Å². The number of rotatable bonds is 22. The summed E-state index contributed by atoms with van der Waals surface area (Å²) in [4.78, 5) is 15.0. The SMILES string of the molecule is CCCCCCCCN(CCCCCCCC)C[C@@H]1C[C@H](c2ccc(CO)cc2)O[C@H](c2ccc(CNC(=O)c3c(F)c(F)c(F)c(F)c3F)cc2)O1. The highest BCUT2D eigenvalue weighted by Crippen LogP contribution is 2.38. The Morgan fingerprint density at radius 1 is 0.679 bits per heavy atom. The first-order valence-electron chi connectivity index (χ1n) is 19.3. The number of carbonyl (C=O) groups is 1. The third kappa shape index (κ3) is 12.6. The van der Waals surface area contributed by atoms with Gasteiger partial charge in [-0.05, 0) is 42.6 Å². The minimum absolute atomic E-state index is 0.0552. The van der Waals surface area contributed by atoms with Gasteiger partial charge in [0.05, 0.1) is 18.8 Å². The maximum absolute atomic E-state index is 14.2. The highest BCUT2D eigenvalue weighted by Gasteiger charge is 2.33. The minimum atomic E-state index is -2.32. The first-order chi connectivity index (χ1) is 25.7. The fraction of sp³-hybridized carbons (Fsp3) is 0.548. The second-order valence-electron chi connectivity index (χ2n) is 14.1. The lowest BCUT2D eigenvalue weighted by molar-refractivity contribution is -0.253. The number of aliphatic hydroxyl groups excluding tert-OH is 1. The van der Waals surface area contributed by atoms with Crippen molar-refractivity contribution in [2.75, 3.05) is 19.6 Å². The molecular formula is C42H55F5N2O4. The minimum Gasteiger partial charge on any atom is -0.392 e. The zero-order valence-electron chi connectivity index (χ0n) is 31.1. The number of carbonyl (C=O) groups excluding carboxylic acids is 1. The lowest BCUT2D eigenvalue weighted by Crippen LogP contribution is -2.40. The van der Waals surface area contributed by atoms with Crippen LogP contribution in [0.25, 0.3) is 0 Å². The zero-order valence-corrected chi connectivity index (χ0v) is 31.1. The Morgan fingerprint density at radius 2 is 1.17 bits per heavy atom. The molecule has 6 nitrogen and oxygen atoms in total. The van der Waals surface area contributed by atoms with E-state index in [0.29, 0.717) is 12.0 Å². The number of ether oxygens (including phenoxy) is 2. The Bertz CT molecular complexity index is 1510. The Kier molecular flexibility index (Phi) is 17.7. The first-order valence-corrected chi connectivity index (χ1v) is 19.3. The molecule has 1 saturated heterocycles. The van der Waals surface area contributed by atoms with Crippen molar-refractivity contribution >= 4 is 5.91 Å². The van der Waals surface area contributed by atoms with Gasteiger partial charge in [-0.25, -0.2) is 22.0 Å². The summed E-state index contributed by atoms with van der Waals surface area (Å²) in [5, 5.41) is 11.8. The molecule has 2 N–H and O–H groups in total. The van der Waals surface area contributed by atoms with E-state index in [1.54, 1.807) is 24.3 Å². The van der Waals surface area contributed by atoms with Gasteiger partial charge in [-0.15, -0.1) is 0 Å². The smallest absolute Gasteiger partial charge is 0.257 e. The van der Waals surface area contributed by atoms with E-state index < -0.39 is 46.8 Å². The van der Waals surface area contributed by atoms with E-state index in [-0.39, 0.29) is 25.4 Å². The number of amides is 1. The maximum atomic E-state index is 14.2. The highest BCUT2D eigenvalue weighted by molar-refractivity contribution is 5.94. The highest BCUT2D eigenvalue weighted by atomic mass is 19.2. The number of hydrogen-bond acceptors (Lipinski definition) is 5. The fourth-order valence-electron chi connectivity index (χ4n) is 6.71. The summed E-state index contributed by atoms with van der Waals surface area (Å²) in [6.07, 6.45) is 14.3. The van der Waals surface area contributed by atoms with Gasteiger partial charge in [0, 0.05) is 25.1 Å². The topological polar surface area (TPSA) is 71.0 Å². The van der Waals surface area contributed by atoms with Crippen LogP contribution in [0.3, 0.4) is 0 Å². The van der Waals surface area contributed by atoms with E-state index in [0.717, 1.165) is 49.2 Å². The van der Waals surface area contributed by atoms with Crippen molar-refractivity contribution in [2.24, 2.45) is 0 Å². The largest absolute Gasteiger partial charge is 0.392 e. The molecule has 1 aliphatic rings. The molecule has 3 aromatic rings. The van der Waals surface area contributed by atoms with E-state index in [4.69, 9.17) is 9.47 Å². The van der Waals surface area contributed by atoms with Gasteiger partial charge < -0.3 is 24.8 Å². The van der Waals surface area contributed by atoms with Crippen LogP contribution in [0.2, 0.25) is 0 Å². The number of nitrogens with one attached hydrogen (secondary N) is 1. The van der Waals surface area contributed by atoms with Crippen LogP contribution >= 0.6 is 0 Å². The molecule has 3 aromatic carbocycles. The van der Waals surface area contributed by atoms with Gasteiger partial charge in [-0.3, -0.25) is 4.79 Å². The van der Waals surface area contributed by atoms with Gasteiger partial charge in [-0.2, -0.15) is 0 Å². The molecule has 1 aliphatic heterocycles. The van der Waals surface area contributed by atoms with Gasteiger partial charge in [0.2, 0.25) is 5.82 Å². The van der Waals surface area contributed by atoms with Gasteiger partial charge in [0.1, 0.15) is 5.56 Å². The quantitative estimate of drug-likeness (QED) is 0.0464. The normalized spacial score (nSPS) is 17.4. The Balaban J connectivity index is 1.46. The number of hydrogen-bond donors (Lipinski definition) is 2. The average molecular weight is 747 g/mol. The van der Waals surface area contributed by atoms with Crippen LogP contribution < -0.4 is 5.32 Å². The second kappa shape index (κ2) is 22.1. The van der Waals surface area contributed by atoms with E-state index >= 15 is 0 Å². The molecule has 11 heteroatoms. The molecule has 0 saturated carbocycles.